The number of rotatable bonds is 4. The Bertz CT molecular complexity index is 628. The summed E-state index contributed by atoms with van der Waals surface area (Å²) in [6.07, 6.45) is 0.959. The maximum absolute atomic E-state index is 5.98. The lowest BCUT2D eigenvalue weighted by Crippen LogP contribution is -2.19. The molecule has 1 atom stereocenters. The first-order valence-electron chi connectivity index (χ1n) is 6.97. The van der Waals surface area contributed by atoms with Crippen molar-refractivity contribution in [2.75, 3.05) is 13.2 Å². The van der Waals surface area contributed by atoms with E-state index in [2.05, 4.69) is 6.07 Å². The number of fused-ring (bicyclic) bond motifs is 1. The van der Waals surface area contributed by atoms with Crippen LogP contribution >= 0.6 is 23.2 Å². The second-order valence-electron chi connectivity index (χ2n) is 5.07. The van der Waals surface area contributed by atoms with Crippen molar-refractivity contribution in [1.29, 1.82) is 0 Å². The Kier molecular flexibility index (Phi) is 4.57. The molecule has 110 valence electrons. The van der Waals surface area contributed by atoms with Crippen LogP contribution in [0.3, 0.4) is 0 Å². The summed E-state index contributed by atoms with van der Waals surface area (Å²) in [5, 5.41) is 0.675. The summed E-state index contributed by atoms with van der Waals surface area (Å²) in [5.74, 6) is 2.50. The van der Waals surface area contributed by atoms with Gasteiger partial charge >= 0.3 is 0 Å². The topological polar surface area (TPSA) is 18.5 Å². The highest BCUT2D eigenvalue weighted by molar-refractivity contribution is 6.30. The molecule has 0 bridgehead atoms. The molecule has 0 saturated carbocycles. The van der Waals surface area contributed by atoms with E-state index in [0.29, 0.717) is 23.4 Å². The van der Waals surface area contributed by atoms with Crippen LogP contribution in [-0.2, 0) is 5.88 Å². The first-order chi connectivity index (χ1) is 10.3. The summed E-state index contributed by atoms with van der Waals surface area (Å²) >= 11 is 11.9. The highest BCUT2D eigenvalue weighted by Crippen LogP contribution is 2.34. The minimum absolute atomic E-state index is 0.341. The second kappa shape index (κ2) is 6.59. The lowest BCUT2D eigenvalue weighted by atomic mass is 9.94. The van der Waals surface area contributed by atoms with Crippen LogP contribution in [-0.4, -0.2) is 13.2 Å². The predicted molar refractivity (Wildman–Crippen MR) is 85.8 cm³/mol. The van der Waals surface area contributed by atoms with Gasteiger partial charge in [-0.25, -0.2) is 0 Å². The summed E-state index contributed by atoms with van der Waals surface area (Å²) in [6.45, 7) is 1.35. The molecule has 2 aromatic rings. The van der Waals surface area contributed by atoms with Crippen LogP contribution in [0.15, 0.2) is 42.5 Å². The zero-order valence-electron chi connectivity index (χ0n) is 11.5. The Labute approximate surface area is 134 Å². The van der Waals surface area contributed by atoms with Gasteiger partial charge < -0.3 is 9.47 Å². The molecule has 0 radical (unpaired) electrons. The number of hydrogen-bond donors (Lipinski definition) is 0. The first-order valence-corrected chi connectivity index (χ1v) is 7.88. The number of ether oxygens (including phenoxy) is 2. The highest BCUT2D eigenvalue weighted by Gasteiger charge is 2.21. The minimum Gasteiger partial charge on any atom is -0.493 e. The number of para-hydroxylation sites is 1. The van der Waals surface area contributed by atoms with E-state index < -0.39 is 0 Å². The number of halogens is 2. The molecule has 0 aliphatic carbocycles. The lowest BCUT2D eigenvalue weighted by molar-refractivity contribution is 0.217. The van der Waals surface area contributed by atoms with E-state index in [1.54, 1.807) is 0 Å². The smallest absolute Gasteiger partial charge is 0.123 e. The Hall–Kier alpha value is -1.38. The van der Waals surface area contributed by atoms with E-state index in [9.17, 15) is 0 Å². The van der Waals surface area contributed by atoms with Gasteiger partial charge in [0.25, 0.3) is 0 Å². The monoisotopic (exact) mass is 322 g/mol. The summed E-state index contributed by atoms with van der Waals surface area (Å²) in [7, 11) is 0. The van der Waals surface area contributed by atoms with Gasteiger partial charge in [0.1, 0.15) is 11.5 Å². The van der Waals surface area contributed by atoms with Crippen molar-refractivity contribution < 1.29 is 9.47 Å². The van der Waals surface area contributed by atoms with Crippen LogP contribution < -0.4 is 9.47 Å². The van der Waals surface area contributed by atoms with E-state index in [4.69, 9.17) is 32.7 Å². The molecular weight excluding hydrogens is 307 g/mol. The van der Waals surface area contributed by atoms with Gasteiger partial charge in [0.2, 0.25) is 0 Å². The fraction of sp³-hybridized carbons (Fsp3) is 0.294. The standard InChI is InChI=1S/C17H16Cl2O2/c18-10-13-9-14(19)5-6-16(13)21-11-12-7-8-20-17-4-2-1-3-15(12)17/h1-6,9,12H,7-8,10-11H2. The van der Waals surface area contributed by atoms with Gasteiger partial charge in [0, 0.05) is 22.1 Å². The molecule has 0 aromatic heterocycles. The van der Waals surface area contributed by atoms with E-state index in [0.717, 1.165) is 30.1 Å². The largest absolute Gasteiger partial charge is 0.493 e. The van der Waals surface area contributed by atoms with Gasteiger partial charge in [-0.15, -0.1) is 11.6 Å². The Balaban J connectivity index is 1.74. The number of hydrogen-bond acceptors (Lipinski definition) is 2. The van der Waals surface area contributed by atoms with Crippen LogP contribution in [0.25, 0.3) is 0 Å². The SMILES string of the molecule is ClCc1cc(Cl)ccc1OCC1CCOc2ccccc21. The van der Waals surface area contributed by atoms with Crippen molar-refractivity contribution >= 4 is 23.2 Å². The second-order valence-corrected chi connectivity index (χ2v) is 5.77. The molecule has 1 aliphatic rings. The molecule has 1 unspecified atom stereocenters. The van der Waals surface area contributed by atoms with Crippen molar-refractivity contribution in [3.05, 3.63) is 58.6 Å². The van der Waals surface area contributed by atoms with Crippen molar-refractivity contribution in [3.63, 3.8) is 0 Å². The van der Waals surface area contributed by atoms with E-state index >= 15 is 0 Å². The Morgan fingerprint density at radius 1 is 1.19 bits per heavy atom. The van der Waals surface area contributed by atoms with E-state index in [1.165, 1.54) is 5.56 Å². The molecule has 2 aromatic carbocycles. The maximum atomic E-state index is 5.98. The van der Waals surface area contributed by atoms with Gasteiger partial charge in [0.05, 0.1) is 19.1 Å². The molecule has 1 aliphatic heterocycles. The molecule has 4 heteroatoms. The maximum Gasteiger partial charge on any atom is 0.123 e. The fourth-order valence-electron chi connectivity index (χ4n) is 2.57. The molecule has 1 heterocycles. The number of alkyl halides is 1. The van der Waals surface area contributed by atoms with Crippen LogP contribution in [0.1, 0.15) is 23.5 Å². The predicted octanol–water partition coefficient (Wildman–Crippen LogP) is 5.02. The third-order valence-electron chi connectivity index (χ3n) is 3.69. The van der Waals surface area contributed by atoms with Crippen LogP contribution in [0, 0.1) is 0 Å². The molecule has 0 amide bonds. The molecule has 0 fully saturated rings. The van der Waals surface area contributed by atoms with E-state index in [-0.39, 0.29) is 0 Å². The molecular formula is C17H16Cl2O2. The van der Waals surface area contributed by atoms with E-state index in [1.807, 2.05) is 36.4 Å². The van der Waals surface area contributed by atoms with Crippen molar-refractivity contribution in [1.82, 2.24) is 0 Å². The molecule has 3 rings (SSSR count). The van der Waals surface area contributed by atoms with Crippen molar-refractivity contribution in [2.24, 2.45) is 0 Å². The Morgan fingerprint density at radius 2 is 2.05 bits per heavy atom. The minimum atomic E-state index is 0.341. The van der Waals surface area contributed by atoms with Crippen molar-refractivity contribution in [2.45, 2.75) is 18.2 Å². The number of benzene rings is 2. The van der Waals surface area contributed by atoms with Gasteiger partial charge in [-0.3, -0.25) is 0 Å². The quantitative estimate of drug-likeness (QED) is 0.735. The average Bonchev–Trinajstić information content (AvgIpc) is 2.53. The lowest BCUT2D eigenvalue weighted by Gasteiger charge is -2.26. The average molecular weight is 323 g/mol. The summed E-state index contributed by atoms with van der Waals surface area (Å²) in [4.78, 5) is 0. The normalized spacial score (nSPS) is 17.0. The summed E-state index contributed by atoms with van der Waals surface area (Å²) < 4.78 is 11.7. The Morgan fingerprint density at radius 3 is 2.90 bits per heavy atom. The van der Waals surface area contributed by atoms with Crippen molar-refractivity contribution in [3.8, 4) is 11.5 Å². The molecule has 0 spiro atoms. The summed E-state index contributed by atoms with van der Waals surface area (Å²) in [6, 6.07) is 13.7. The van der Waals surface area contributed by atoms with Crippen LogP contribution in [0.4, 0.5) is 0 Å². The zero-order chi connectivity index (χ0) is 14.7. The summed E-state index contributed by atoms with van der Waals surface area (Å²) in [5.41, 5.74) is 2.13. The van der Waals surface area contributed by atoms with Crippen LogP contribution in [0.5, 0.6) is 11.5 Å². The van der Waals surface area contributed by atoms with Gasteiger partial charge in [0.15, 0.2) is 0 Å². The third-order valence-corrected chi connectivity index (χ3v) is 4.21. The molecule has 0 N–H and O–H groups in total. The zero-order valence-corrected chi connectivity index (χ0v) is 13.0. The highest BCUT2D eigenvalue weighted by atomic mass is 35.5. The molecule has 2 nitrogen and oxygen atoms in total. The van der Waals surface area contributed by atoms with Gasteiger partial charge in [-0.2, -0.15) is 0 Å². The first kappa shape index (κ1) is 14.6. The molecule has 21 heavy (non-hydrogen) atoms. The van der Waals surface area contributed by atoms with Crippen LogP contribution in [0.2, 0.25) is 5.02 Å². The third kappa shape index (κ3) is 3.28. The van der Waals surface area contributed by atoms with Gasteiger partial charge in [-0.1, -0.05) is 29.8 Å². The molecule has 0 saturated heterocycles. The van der Waals surface area contributed by atoms with Gasteiger partial charge in [-0.05, 0) is 30.7 Å². The fourth-order valence-corrected chi connectivity index (χ4v) is 2.98.